The normalized spacial score (nSPS) is 27.4. The van der Waals surface area contributed by atoms with Crippen LogP contribution in [0.1, 0.15) is 45.6 Å². The Kier molecular flexibility index (Phi) is 5.01. The van der Waals surface area contributed by atoms with Gasteiger partial charge in [0.05, 0.1) is 7.11 Å². The second-order valence-corrected chi connectivity index (χ2v) is 7.62. The summed E-state index contributed by atoms with van der Waals surface area (Å²) in [5.74, 6) is 2.32. The van der Waals surface area contributed by atoms with E-state index in [2.05, 4.69) is 39.0 Å². The van der Waals surface area contributed by atoms with Crippen LogP contribution in [-0.4, -0.2) is 12.5 Å². The molecule has 1 aliphatic carbocycles. The summed E-state index contributed by atoms with van der Waals surface area (Å²) in [5, 5.41) is 0.319. The first-order valence-corrected chi connectivity index (χ1v) is 8.13. The molecule has 1 nitrogen and oxygen atoms in total. The Morgan fingerprint density at radius 2 is 2.05 bits per heavy atom. The molecule has 2 rings (SSSR count). The van der Waals surface area contributed by atoms with E-state index < -0.39 is 0 Å². The Bertz CT molecular complexity index is 441. The van der Waals surface area contributed by atoms with Crippen molar-refractivity contribution in [2.45, 2.75) is 51.8 Å². The van der Waals surface area contributed by atoms with E-state index in [-0.39, 0.29) is 5.41 Å². The van der Waals surface area contributed by atoms with Crippen molar-refractivity contribution in [2.24, 2.45) is 17.3 Å². The minimum absolute atomic E-state index is 0.235. The molecule has 1 saturated carbocycles. The lowest BCUT2D eigenvalue weighted by Gasteiger charge is -2.42. The molecule has 1 aromatic carbocycles. The third kappa shape index (κ3) is 3.69. The van der Waals surface area contributed by atoms with Crippen LogP contribution in [0, 0.1) is 17.3 Å². The number of halogens is 1. The molecule has 3 atom stereocenters. The summed E-state index contributed by atoms with van der Waals surface area (Å²) in [7, 11) is 1.72. The van der Waals surface area contributed by atoms with Crippen molar-refractivity contribution in [3.8, 4) is 5.75 Å². The molecule has 0 bridgehead atoms. The molecule has 2 heteroatoms. The van der Waals surface area contributed by atoms with Gasteiger partial charge in [-0.1, -0.05) is 39.3 Å². The second kappa shape index (κ2) is 6.39. The fraction of sp³-hybridized carbons (Fsp3) is 0.667. The molecule has 0 amide bonds. The van der Waals surface area contributed by atoms with Crippen molar-refractivity contribution in [1.82, 2.24) is 0 Å². The summed E-state index contributed by atoms with van der Waals surface area (Å²) >= 11 is 6.66. The molecule has 0 N–H and O–H groups in total. The van der Waals surface area contributed by atoms with E-state index >= 15 is 0 Å². The highest BCUT2D eigenvalue weighted by Crippen LogP contribution is 2.44. The highest BCUT2D eigenvalue weighted by Gasteiger charge is 2.38. The SMILES string of the molecule is COc1cccc(CC(C)(C)C2CCC(C)CC2Cl)c1. The summed E-state index contributed by atoms with van der Waals surface area (Å²) in [6.07, 6.45) is 4.79. The molecule has 0 radical (unpaired) electrons. The first kappa shape index (κ1) is 15.7. The average molecular weight is 295 g/mol. The Morgan fingerprint density at radius 1 is 1.30 bits per heavy atom. The van der Waals surface area contributed by atoms with Crippen LogP contribution in [0.15, 0.2) is 24.3 Å². The second-order valence-electron chi connectivity index (χ2n) is 7.06. The fourth-order valence-electron chi connectivity index (χ4n) is 3.63. The van der Waals surface area contributed by atoms with E-state index in [0.717, 1.165) is 24.5 Å². The van der Waals surface area contributed by atoms with Crippen molar-refractivity contribution in [3.63, 3.8) is 0 Å². The lowest BCUT2D eigenvalue weighted by atomic mass is 9.66. The Morgan fingerprint density at radius 3 is 2.70 bits per heavy atom. The number of hydrogen-bond donors (Lipinski definition) is 0. The average Bonchev–Trinajstić information content (AvgIpc) is 2.37. The van der Waals surface area contributed by atoms with Crippen LogP contribution >= 0.6 is 11.6 Å². The zero-order chi connectivity index (χ0) is 14.8. The van der Waals surface area contributed by atoms with Crippen molar-refractivity contribution in [3.05, 3.63) is 29.8 Å². The Labute approximate surface area is 128 Å². The smallest absolute Gasteiger partial charge is 0.119 e. The maximum atomic E-state index is 6.66. The van der Waals surface area contributed by atoms with Crippen LogP contribution in [0.25, 0.3) is 0 Å². The highest BCUT2D eigenvalue weighted by molar-refractivity contribution is 6.20. The molecule has 0 heterocycles. The van der Waals surface area contributed by atoms with Gasteiger partial charge in [0.1, 0.15) is 5.75 Å². The number of rotatable bonds is 4. The van der Waals surface area contributed by atoms with Crippen LogP contribution in [-0.2, 0) is 6.42 Å². The molecule has 3 unspecified atom stereocenters. The lowest BCUT2D eigenvalue weighted by Crippen LogP contribution is -2.37. The van der Waals surface area contributed by atoms with Gasteiger partial charge in [0.2, 0.25) is 0 Å². The molecular weight excluding hydrogens is 268 g/mol. The van der Waals surface area contributed by atoms with Gasteiger partial charge in [-0.05, 0) is 54.2 Å². The van der Waals surface area contributed by atoms with Gasteiger partial charge >= 0.3 is 0 Å². The van der Waals surface area contributed by atoms with Gasteiger partial charge in [-0.2, -0.15) is 0 Å². The molecule has 1 aliphatic rings. The summed E-state index contributed by atoms with van der Waals surface area (Å²) in [4.78, 5) is 0. The van der Waals surface area contributed by atoms with E-state index in [9.17, 15) is 0 Å². The monoisotopic (exact) mass is 294 g/mol. The lowest BCUT2D eigenvalue weighted by molar-refractivity contribution is 0.142. The van der Waals surface area contributed by atoms with Gasteiger partial charge in [-0.3, -0.25) is 0 Å². The zero-order valence-corrected chi connectivity index (χ0v) is 13.9. The van der Waals surface area contributed by atoms with Gasteiger partial charge in [-0.15, -0.1) is 11.6 Å². The topological polar surface area (TPSA) is 9.23 Å². The van der Waals surface area contributed by atoms with Crippen molar-refractivity contribution in [2.75, 3.05) is 7.11 Å². The quantitative estimate of drug-likeness (QED) is 0.684. The number of alkyl halides is 1. The van der Waals surface area contributed by atoms with Gasteiger partial charge < -0.3 is 4.74 Å². The maximum Gasteiger partial charge on any atom is 0.119 e. The van der Waals surface area contributed by atoms with Crippen molar-refractivity contribution >= 4 is 11.6 Å². The molecule has 20 heavy (non-hydrogen) atoms. The number of benzene rings is 1. The molecular formula is C18H27ClO. The van der Waals surface area contributed by atoms with Crippen LogP contribution < -0.4 is 4.74 Å². The minimum atomic E-state index is 0.235. The first-order chi connectivity index (χ1) is 9.42. The van der Waals surface area contributed by atoms with Gasteiger partial charge in [0.15, 0.2) is 0 Å². The van der Waals surface area contributed by atoms with E-state index in [4.69, 9.17) is 16.3 Å². The van der Waals surface area contributed by atoms with Crippen LogP contribution in [0.3, 0.4) is 0 Å². The third-order valence-electron chi connectivity index (χ3n) is 4.83. The zero-order valence-electron chi connectivity index (χ0n) is 13.2. The maximum absolute atomic E-state index is 6.66. The summed E-state index contributed by atoms with van der Waals surface area (Å²) in [6, 6.07) is 8.42. The highest BCUT2D eigenvalue weighted by atomic mass is 35.5. The largest absolute Gasteiger partial charge is 0.497 e. The molecule has 1 aromatic rings. The van der Waals surface area contributed by atoms with Gasteiger partial charge in [0, 0.05) is 5.38 Å². The third-order valence-corrected chi connectivity index (χ3v) is 5.31. The fourth-order valence-corrected chi connectivity index (χ4v) is 4.40. The molecule has 0 aromatic heterocycles. The summed E-state index contributed by atoms with van der Waals surface area (Å²) in [5.41, 5.74) is 1.58. The summed E-state index contributed by atoms with van der Waals surface area (Å²) in [6.45, 7) is 7.05. The standard InChI is InChI=1S/C18H27ClO/c1-13-8-9-16(17(19)10-13)18(2,3)12-14-6-5-7-15(11-14)20-4/h5-7,11,13,16-17H,8-10,12H2,1-4H3. The van der Waals surface area contributed by atoms with Crippen LogP contribution in [0.5, 0.6) is 5.75 Å². The minimum Gasteiger partial charge on any atom is -0.497 e. The van der Waals surface area contributed by atoms with Crippen LogP contribution in [0.4, 0.5) is 0 Å². The predicted octanol–water partition coefficient (Wildman–Crippen LogP) is 5.31. The van der Waals surface area contributed by atoms with E-state index in [1.165, 1.54) is 18.4 Å². The Balaban J connectivity index is 2.09. The Hall–Kier alpha value is -0.690. The number of ether oxygens (including phenoxy) is 1. The van der Waals surface area contributed by atoms with Gasteiger partial charge in [0.25, 0.3) is 0 Å². The first-order valence-electron chi connectivity index (χ1n) is 7.69. The van der Waals surface area contributed by atoms with Gasteiger partial charge in [-0.25, -0.2) is 0 Å². The predicted molar refractivity (Wildman–Crippen MR) is 86.6 cm³/mol. The number of methoxy groups -OCH3 is 1. The molecule has 0 saturated heterocycles. The van der Waals surface area contributed by atoms with E-state index in [1.54, 1.807) is 7.11 Å². The summed E-state index contributed by atoms with van der Waals surface area (Å²) < 4.78 is 5.32. The van der Waals surface area contributed by atoms with E-state index in [0.29, 0.717) is 11.3 Å². The van der Waals surface area contributed by atoms with Crippen molar-refractivity contribution in [1.29, 1.82) is 0 Å². The molecule has 112 valence electrons. The number of hydrogen-bond acceptors (Lipinski definition) is 1. The van der Waals surface area contributed by atoms with Crippen LogP contribution in [0.2, 0.25) is 0 Å². The van der Waals surface area contributed by atoms with E-state index in [1.807, 2.05) is 6.07 Å². The molecule has 1 fully saturated rings. The molecule has 0 spiro atoms. The molecule has 0 aliphatic heterocycles. The van der Waals surface area contributed by atoms with Crippen molar-refractivity contribution < 1.29 is 4.74 Å².